The second kappa shape index (κ2) is 7.64. The molecule has 4 heteroatoms. The lowest BCUT2D eigenvalue weighted by molar-refractivity contribution is 0.0975. The van der Waals surface area contributed by atoms with E-state index in [0.29, 0.717) is 5.56 Å². The first-order valence-electron chi connectivity index (χ1n) is 10.6. The minimum absolute atomic E-state index is 0.00628. The van der Waals surface area contributed by atoms with Crippen LogP contribution < -0.4 is 10.2 Å². The molecule has 0 unspecified atom stereocenters. The number of rotatable bonds is 2. The predicted molar refractivity (Wildman–Crippen MR) is 140 cm³/mol. The van der Waals surface area contributed by atoms with Crippen LogP contribution in [0.4, 0.5) is 11.4 Å². The molecule has 154 valence electrons. The van der Waals surface area contributed by atoms with Crippen LogP contribution in [0.15, 0.2) is 103 Å². The fraction of sp³-hybridized carbons (Fsp3) is 0.0357. The topological polar surface area (TPSA) is 32.3 Å². The largest absolute Gasteiger partial charge is 0.360 e. The lowest BCUT2D eigenvalue weighted by Crippen LogP contribution is -2.43. The van der Waals surface area contributed by atoms with Crippen molar-refractivity contribution in [2.45, 2.75) is 6.17 Å². The Kier molecular flexibility index (Phi) is 4.61. The van der Waals surface area contributed by atoms with E-state index < -0.39 is 0 Å². The van der Waals surface area contributed by atoms with Gasteiger partial charge in [-0.25, -0.2) is 0 Å². The molecule has 1 aliphatic heterocycles. The zero-order chi connectivity index (χ0) is 21.7. The molecule has 0 aromatic heterocycles. The normalized spacial score (nSPS) is 15.6. The van der Waals surface area contributed by atoms with Crippen molar-refractivity contribution in [3.05, 3.63) is 118 Å². The fourth-order valence-corrected chi connectivity index (χ4v) is 5.05. The molecule has 1 heterocycles. The van der Waals surface area contributed by atoms with Gasteiger partial charge in [0, 0.05) is 14.6 Å². The van der Waals surface area contributed by atoms with Crippen molar-refractivity contribution in [3.63, 3.8) is 0 Å². The van der Waals surface area contributed by atoms with Crippen molar-refractivity contribution in [2.24, 2.45) is 0 Å². The highest BCUT2D eigenvalue weighted by Crippen LogP contribution is 2.40. The molecule has 0 saturated heterocycles. The maximum absolute atomic E-state index is 13.9. The van der Waals surface area contributed by atoms with Crippen LogP contribution >= 0.6 is 22.6 Å². The summed E-state index contributed by atoms with van der Waals surface area (Å²) < 4.78 is 1.04. The SMILES string of the molecule is O=C1c2cc(I)ccc2N[C@H](c2ccc3ccccc3c2)N1c1cccc2ccccc12. The van der Waals surface area contributed by atoms with Gasteiger partial charge < -0.3 is 5.32 Å². The standard InChI is InChI=1S/C28H19IN2O/c29-22-14-15-25-24(17-22)28(32)31(26-11-5-9-19-7-3-4-10-23(19)26)27(30-25)21-13-12-18-6-1-2-8-20(18)16-21/h1-17,27,30H/t27-/m0/s1. The zero-order valence-corrected chi connectivity index (χ0v) is 19.3. The maximum atomic E-state index is 13.9. The summed E-state index contributed by atoms with van der Waals surface area (Å²) in [6, 6.07) is 35.1. The fourth-order valence-electron chi connectivity index (χ4n) is 4.56. The minimum atomic E-state index is -0.314. The molecular formula is C28H19IN2O. The van der Waals surface area contributed by atoms with Gasteiger partial charge in [0.2, 0.25) is 0 Å². The van der Waals surface area contributed by atoms with Crippen molar-refractivity contribution in [1.29, 1.82) is 0 Å². The van der Waals surface area contributed by atoms with Crippen LogP contribution in [-0.2, 0) is 0 Å². The molecule has 0 aliphatic carbocycles. The third-order valence-corrected chi connectivity index (χ3v) is 6.77. The van der Waals surface area contributed by atoms with E-state index in [-0.39, 0.29) is 12.1 Å². The van der Waals surface area contributed by atoms with Gasteiger partial charge in [0.1, 0.15) is 6.17 Å². The van der Waals surface area contributed by atoms with Crippen LogP contribution in [0.25, 0.3) is 21.5 Å². The predicted octanol–water partition coefficient (Wildman–Crippen LogP) is 7.37. The van der Waals surface area contributed by atoms with Crippen molar-refractivity contribution in [2.75, 3.05) is 10.2 Å². The van der Waals surface area contributed by atoms with E-state index in [1.807, 2.05) is 59.5 Å². The first-order valence-corrected chi connectivity index (χ1v) is 11.6. The van der Waals surface area contributed by atoms with Crippen molar-refractivity contribution in [3.8, 4) is 0 Å². The summed E-state index contributed by atoms with van der Waals surface area (Å²) in [5, 5.41) is 8.17. The Labute approximate surface area is 199 Å². The smallest absolute Gasteiger partial charge is 0.262 e. The lowest BCUT2D eigenvalue weighted by Gasteiger charge is -2.39. The van der Waals surface area contributed by atoms with Gasteiger partial charge in [-0.3, -0.25) is 9.69 Å². The molecule has 5 aromatic carbocycles. The Morgan fingerprint density at radius 2 is 1.47 bits per heavy atom. The summed E-state index contributed by atoms with van der Waals surface area (Å²) in [5.41, 5.74) is 3.52. The first kappa shape index (κ1) is 19.3. The third kappa shape index (κ3) is 3.14. The number of halogens is 1. The van der Waals surface area contributed by atoms with E-state index >= 15 is 0 Å². The van der Waals surface area contributed by atoms with E-state index in [1.165, 1.54) is 5.39 Å². The van der Waals surface area contributed by atoms with Crippen molar-refractivity contribution >= 4 is 61.4 Å². The number of carbonyl (C=O) groups is 1. The molecule has 3 nitrogen and oxygen atoms in total. The third-order valence-electron chi connectivity index (χ3n) is 6.10. The summed E-state index contributed by atoms with van der Waals surface area (Å²) in [6.07, 6.45) is -0.314. The summed E-state index contributed by atoms with van der Waals surface area (Å²) in [6.45, 7) is 0. The molecule has 0 spiro atoms. The second-order valence-corrected chi connectivity index (χ2v) is 9.26. The molecule has 1 atom stereocenters. The number of benzene rings is 5. The van der Waals surface area contributed by atoms with E-state index in [2.05, 4.69) is 76.4 Å². The van der Waals surface area contributed by atoms with Gasteiger partial charge in [-0.2, -0.15) is 0 Å². The Morgan fingerprint density at radius 3 is 2.34 bits per heavy atom. The molecule has 5 aromatic rings. The maximum Gasteiger partial charge on any atom is 0.262 e. The van der Waals surface area contributed by atoms with E-state index in [0.717, 1.165) is 36.7 Å². The quantitative estimate of drug-likeness (QED) is 0.244. The Balaban J connectivity index is 1.59. The Hall–Kier alpha value is -3.38. The number of nitrogens with one attached hydrogen (secondary N) is 1. The number of amides is 1. The number of fused-ring (bicyclic) bond motifs is 3. The average molecular weight is 526 g/mol. The van der Waals surface area contributed by atoms with E-state index in [9.17, 15) is 4.79 Å². The van der Waals surface area contributed by atoms with E-state index in [1.54, 1.807) is 0 Å². The second-order valence-electron chi connectivity index (χ2n) is 8.02. The molecule has 6 rings (SSSR count). The molecule has 1 aliphatic rings. The zero-order valence-electron chi connectivity index (χ0n) is 17.1. The first-order chi connectivity index (χ1) is 15.7. The summed E-state index contributed by atoms with van der Waals surface area (Å²) in [5.74, 6) is 0.00628. The molecule has 0 bridgehead atoms. The Morgan fingerprint density at radius 1 is 0.719 bits per heavy atom. The minimum Gasteiger partial charge on any atom is -0.360 e. The van der Waals surface area contributed by atoms with Crippen LogP contribution in [0.2, 0.25) is 0 Å². The van der Waals surface area contributed by atoms with Gasteiger partial charge in [-0.1, -0.05) is 72.8 Å². The lowest BCUT2D eigenvalue weighted by atomic mass is 9.99. The van der Waals surface area contributed by atoms with Gasteiger partial charge in [0.25, 0.3) is 5.91 Å². The number of hydrogen-bond acceptors (Lipinski definition) is 2. The van der Waals surface area contributed by atoms with Gasteiger partial charge >= 0.3 is 0 Å². The van der Waals surface area contributed by atoms with Crippen LogP contribution in [0.5, 0.6) is 0 Å². The highest BCUT2D eigenvalue weighted by molar-refractivity contribution is 14.1. The highest BCUT2D eigenvalue weighted by atomic mass is 127. The van der Waals surface area contributed by atoms with Gasteiger partial charge in [-0.05, 0) is 74.6 Å². The molecule has 1 amide bonds. The molecule has 0 fully saturated rings. The Bertz CT molecular complexity index is 1510. The monoisotopic (exact) mass is 526 g/mol. The van der Waals surface area contributed by atoms with E-state index in [4.69, 9.17) is 0 Å². The summed E-state index contributed by atoms with van der Waals surface area (Å²) >= 11 is 2.26. The molecule has 1 N–H and O–H groups in total. The molecule has 0 radical (unpaired) electrons. The van der Waals surface area contributed by atoms with Crippen LogP contribution in [-0.4, -0.2) is 5.91 Å². The van der Waals surface area contributed by atoms with Crippen LogP contribution in [0.1, 0.15) is 22.1 Å². The van der Waals surface area contributed by atoms with Gasteiger partial charge in [0.05, 0.1) is 11.3 Å². The summed E-state index contributed by atoms with van der Waals surface area (Å²) in [4.78, 5) is 15.9. The number of hydrogen-bond donors (Lipinski definition) is 1. The number of anilines is 2. The highest BCUT2D eigenvalue weighted by Gasteiger charge is 2.35. The number of carbonyl (C=O) groups excluding carboxylic acids is 1. The average Bonchev–Trinajstić information content (AvgIpc) is 2.84. The summed E-state index contributed by atoms with van der Waals surface area (Å²) in [7, 11) is 0. The van der Waals surface area contributed by atoms with Gasteiger partial charge in [0.15, 0.2) is 0 Å². The van der Waals surface area contributed by atoms with Crippen LogP contribution in [0, 0.1) is 3.57 Å². The molecule has 32 heavy (non-hydrogen) atoms. The van der Waals surface area contributed by atoms with Crippen LogP contribution in [0.3, 0.4) is 0 Å². The molecule has 0 saturated carbocycles. The van der Waals surface area contributed by atoms with Crippen molar-refractivity contribution < 1.29 is 4.79 Å². The number of nitrogens with zero attached hydrogens (tertiary/aromatic N) is 1. The molecular weight excluding hydrogens is 507 g/mol. The van der Waals surface area contributed by atoms with Gasteiger partial charge in [-0.15, -0.1) is 0 Å². The van der Waals surface area contributed by atoms with Crippen molar-refractivity contribution in [1.82, 2.24) is 0 Å².